The summed E-state index contributed by atoms with van der Waals surface area (Å²) in [7, 11) is 1.36. The van der Waals surface area contributed by atoms with Gasteiger partial charge in [-0.05, 0) is 13.0 Å². The van der Waals surface area contributed by atoms with Gasteiger partial charge in [-0.1, -0.05) is 0 Å². The molecule has 1 aliphatic carbocycles. The molecule has 0 N–H and O–H groups in total. The Morgan fingerprint density at radius 2 is 2.25 bits per heavy atom. The van der Waals surface area contributed by atoms with E-state index in [1.54, 1.807) is 6.92 Å². The molecule has 0 saturated carbocycles. The first-order valence-corrected chi connectivity index (χ1v) is 7.69. The van der Waals surface area contributed by atoms with Crippen molar-refractivity contribution in [1.29, 1.82) is 0 Å². The molecule has 2 heterocycles. The van der Waals surface area contributed by atoms with Crippen molar-refractivity contribution in [2.75, 3.05) is 13.7 Å². The highest BCUT2D eigenvalue weighted by atomic mass is 19.1. The lowest BCUT2D eigenvalue weighted by atomic mass is 9.69. The second-order valence-electron chi connectivity index (χ2n) is 6.34. The van der Waals surface area contributed by atoms with Crippen molar-refractivity contribution >= 4 is 5.91 Å². The van der Waals surface area contributed by atoms with E-state index in [2.05, 4.69) is 10.2 Å². The van der Waals surface area contributed by atoms with E-state index in [4.69, 9.17) is 9.15 Å². The summed E-state index contributed by atoms with van der Waals surface area (Å²) in [5.74, 6) is -0.414. The predicted molar refractivity (Wildman–Crippen MR) is 79.8 cm³/mol. The van der Waals surface area contributed by atoms with E-state index in [9.17, 15) is 13.6 Å². The Morgan fingerprint density at radius 1 is 1.50 bits per heavy atom. The second-order valence-corrected chi connectivity index (χ2v) is 6.34. The van der Waals surface area contributed by atoms with Crippen LogP contribution in [0.1, 0.15) is 25.1 Å². The highest BCUT2D eigenvalue weighted by molar-refractivity contribution is 5.78. The van der Waals surface area contributed by atoms with Crippen LogP contribution in [0.4, 0.5) is 8.78 Å². The standard InChI is InChI=1S/C16H19F2N3O3/c1-9-19-20-14(24-9)8-21-7-10(4-15(21)22)16(2)12(17)5-11(23-3)6-13(16)18/h5-6,10,12H,4,7-8H2,1-3H3/t10-,12?,16?/m0/s1. The van der Waals surface area contributed by atoms with Crippen LogP contribution in [0, 0.1) is 18.3 Å². The SMILES string of the molecule is COC1=CC(F)C(C)([C@H]2CC(=O)N(Cc3nnc(C)o3)C2)C(F)=C1. The van der Waals surface area contributed by atoms with E-state index in [-0.39, 0.29) is 31.2 Å². The number of likely N-dealkylation sites (tertiary alicyclic amines) is 1. The zero-order valence-corrected chi connectivity index (χ0v) is 13.8. The third kappa shape index (κ3) is 2.70. The Morgan fingerprint density at radius 3 is 2.83 bits per heavy atom. The molecule has 8 heteroatoms. The summed E-state index contributed by atoms with van der Waals surface area (Å²) in [6.07, 6.45) is 0.935. The van der Waals surface area contributed by atoms with Gasteiger partial charge >= 0.3 is 0 Å². The Kier molecular flexibility index (Phi) is 4.15. The minimum Gasteiger partial charge on any atom is -0.497 e. The Labute approximate surface area is 138 Å². The summed E-state index contributed by atoms with van der Waals surface area (Å²) in [6, 6.07) is 0. The first-order chi connectivity index (χ1) is 11.3. The number of alkyl halides is 1. The number of methoxy groups -OCH3 is 1. The zero-order chi connectivity index (χ0) is 17.5. The van der Waals surface area contributed by atoms with Gasteiger partial charge in [0.05, 0.1) is 19.1 Å². The molecule has 130 valence electrons. The summed E-state index contributed by atoms with van der Waals surface area (Å²) in [6.45, 7) is 3.54. The maximum absolute atomic E-state index is 14.6. The normalized spacial score (nSPS) is 30.4. The van der Waals surface area contributed by atoms with Crippen molar-refractivity contribution in [2.24, 2.45) is 11.3 Å². The Balaban J connectivity index is 1.77. The number of aryl methyl sites for hydroxylation is 1. The molecule has 0 bridgehead atoms. The minimum absolute atomic E-state index is 0.0709. The van der Waals surface area contributed by atoms with Crippen LogP contribution in [0.15, 0.2) is 28.2 Å². The van der Waals surface area contributed by atoms with Crippen LogP contribution in [-0.4, -0.2) is 40.8 Å². The molecule has 6 nitrogen and oxygen atoms in total. The number of nitrogens with zero attached hydrogens (tertiary/aromatic N) is 3. The van der Waals surface area contributed by atoms with Gasteiger partial charge in [0.25, 0.3) is 0 Å². The monoisotopic (exact) mass is 339 g/mol. The van der Waals surface area contributed by atoms with Crippen LogP contribution in [-0.2, 0) is 16.1 Å². The van der Waals surface area contributed by atoms with Crippen molar-refractivity contribution in [3.63, 3.8) is 0 Å². The van der Waals surface area contributed by atoms with Gasteiger partial charge in [-0.15, -0.1) is 10.2 Å². The molecule has 2 unspecified atom stereocenters. The van der Waals surface area contributed by atoms with E-state index in [1.807, 2.05) is 0 Å². The van der Waals surface area contributed by atoms with E-state index in [0.717, 1.165) is 0 Å². The molecular formula is C16H19F2N3O3. The lowest BCUT2D eigenvalue weighted by molar-refractivity contribution is -0.128. The van der Waals surface area contributed by atoms with Crippen molar-refractivity contribution in [3.05, 3.63) is 35.5 Å². The third-order valence-corrected chi connectivity index (χ3v) is 4.86. The fourth-order valence-electron chi connectivity index (χ4n) is 3.22. The molecule has 1 aromatic rings. The predicted octanol–water partition coefficient (Wildman–Crippen LogP) is 2.47. The Bertz CT molecular complexity index is 715. The number of ether oxygens (including phenoxy) is 1. The van der Waals surface area contributed by atoms with E-state index < -0.39 is 23.3 Å². The van der Waals surface area contributed by atoms with Gasteiger partial charge in [0.15, 0.2) is 0 Å². The smallest absolute Gasteiger partial charge is 0.235 e. The molecule has 0 spiro atoms. The number of carbonyl (C=O) groups is 1. The molecule has 0 radical (unpaired) electrons. The first-order valence-electron chi connectivity index (χ1n) is 7.69. The highest BCUT2D eigenvalue weighted by Crippen LogP contribution is 2.48. The quantitative estimate of drug-likeness (QED) is 0.843. The van der Waals surface area contributed by atoms with Crippen LogP contribution in [0.5, 0.6) is 0 Å². The van der Waals surface area contributed by atoms with Crippen LogP contribution >= 0.6 is 0 Å². The van der Waals surface area contributed by atoms with Crippen LogP contribution in [0.3, 0.4) is 0 Å². The summed E-state index contributed by atoms with van der Waals surface area (Å²) in [5.41, 5.74) is -1.39. The van der Waals surface area contributed by atoms with Crippen LogP contribution in [0.25, 0.3) is 0 Å². The number of hydrogen-bond acceptors (Lipinski definition) is 5. The van der Waals surface area contributed by atoms with Crippen molar-refractivity contribution in [1.82, 2.24) is 15.1 Å². The van der Waals surface area contributed by atoms with Crippen molar-refractivity contribution < 1.29 is 22.7 Å². The number of rotatable bonds is 4. The maximum atomic E-state index is 14.6. The summed E-state index contributed by atoms with van der Waals surface area (Å²) in [4.78, 5) is 13.7. The molecule has 3 rings (SSSR count). The molecule has 1 aromatic heterocycles. The summed E-state index contributed by atoms with van der Waals surface area (Å²) < 4.78 is 39.4. The third-order valence-electron chi connectivity index (χ3n) is 4.86. The number of carbonyl (C=O) groups excluding carboxylic acids is 1. The van der Waals surface area contributed by atoms with Crippen molar-refractivity contribution in [3.8, 4) is 0 Å². The second kappa shape index (κ2) is 5.99. The number of allylic oxidation sites excluding steroid dienone is 3. The average Bonchev–Trinajstić information content (AvgIpc) is 3.11. The Hall–Kier alpha value is -2.25. The summed E-state index contributed by atoms with van der Waals surface area (Å²) in [5, 5.41) is 7.57. The largest absolute Gasteiger partial charge is 0.497 e. The van der Waals surface area contributed by atoms with Gasteiger partial charge in [0.1, 0.15) is 17.8 Å². The van der Waals surface area contributed by atoms with Gasteiger partial charge < -0.3 is 14.1 Å². The van der Waals surface area contributed by atoms with Gasteiger partial charge in [-0.3, -0.25) is 4.79 Å². The molecule has 1 aliphatic heterocycles. The van der Waals surface area contributed by atoms with Crippen molar-refractivity contribution in [2.45, 2.75) is 33.0 Å². The van der Waals surface area contributed by atoms with Gasteiger partial charge in [0.2, 0.25) is 17.7 Å². The lowest BCUT2D eigenvalue weighted by Crippen LogP contribution is -2.40. The highest BCUT2D eigenvalue weighted by Gasteiger charge is 2.51. The average molecular weight is 339 g/mol. The molecule has 0 aromatic carbocycles. The van der Waals surface area contributed by atoms with E-state index >= 15 is 0 Å². The summed E-state index contributed by atoms with van der Waals surface area (Å²) >= 11 is 0. The van der Waals surface area contributed by atoms with Gasteiger partial charge in [-0.2, -0.15) is 0 Å². The van der Waals surface area contributed by atoms with Gasteiger partial charge in [0, 0.05) is 31.9 Å². The first kappa shape index (κ1) is 16.6. The van der Waals surface area contributed by atoms with E-state index in [1.165, 1.54) is 31.1 Å². The topological polar surface area (TPSA) is 68.5 Å². The molecule has 1 saturated heterocycles. The molecule has 2 aliphatic rings. The minimum atomic E-state index is -1.57. The fourth-order valence-corrected chi connectivity index (χ4v) is 3.22. The molecular weight excluding hydrogens is 320 g/mol. The van der Waals surface area contributed by atoms with E-state index in [0.29, 0.717) is 11.8 Å². The van der Waals surface area contributed by atoms with Crippen LogP contribution < -0.4 is 0 Å². The number of hydrogen-bond donors (Lipinski definition) is 0. The number of halogens is 2. The lowest BCUT2D eigenvalue weighted by Gasteiger charge is -2.37. The number of amides is 1. The zero-order valence-electron chi connectivity index (χ0n) is 13.8. The molecule has 3 atom stereocenters. The number of aromatic nitrogens is 2. The van der Waals surface area contributed by atoms with Crippen LogP contribution in [0.2, 0.25) is 0 Å². The maximum Gasteiger partial charge on any atom is 0.235 e. The molecule has 1 fully saturated rings. The fraction of sp³-hybridized carbons (Fsp3) is 0.562. The van der Waals surface area contributed by atoms with Gasteiger partial charge in [-0.25, -0.2) is 8.78 Å². The molecule has 1 amide bonds. The molecule has 24 heavy (non-hydrogen) atoms.